The molecular formula is C21H25NO2S. The Balaban J connectivity index is 1.76. The Morgan fingerprint density at radius 3 is 2.64 bits per heavy atom. The summed E-state index contributed by atoms with van der Waals surface area (Å²) in [5.41, 5.74) is 2.24. The van der Waals surface area contributed by atoms with Crippen molar-refractivity contribution in [1.29, 1.82) is 0 Å². The van der Waals surface area contributed by atoms with Crippen molar-refractivity contribution in [2.45, 2.75) is 32.2 Å². The van der Waals surface area contributed by atoms with Gasteiger partial charge in [0.15, 0.2) is 0 Å². The predicted molar refractivity (Wildman–Crippen MR) is 104 cm³/mol. The molecule has 1 atom stereocenters. The van der Waals surface area contributed by atoms with Crippen LogP contribution in [0, 0.1) is 5.92 Å². The van der Waals surface area contributed by atoms with Gasteiger partial charge in [-0.2, -0.15) is 0 Å². The van der Waals surface area contributed by atoms with Crippen LogP contribution in [-0.4, -0.2) is 23.1 Å². The number of amides is 1. The van der Waals surface area contributed by atoms with Crippen LogP contribution >= 0.6 is 11.8 Å². The molecule has 1 heterocycles. The number of hydrogen-bond donors (Lipinski definition) is 0. The van der Waals surface area contributed by atoms with E-state index in [1.165, 1.54) is 0 Å². The average Bonchev–Trinajstić information content (AvgIpc) is 3.10. The van der Waals surface area contributed by atoms with Crippen molar-refractivity contribution in [3.8, 4) is 5.75 Å². The summed E-state index contributed by atoms with van der Waals surface area (Å²) < 4.78 is 6.09. The zero-order valence-electron chi connectivity index (χ0n) is 14.9. The molecule has 2 aromatic rings. The van der Waals surface area contributed by atoms with Crippen LogP contribution in [0.4, 0.5) is 0 Å². The molecule has 0 radical (unpaired) electrons. The van der Waals surface area contributed by atoms with Crippen molar-refractivity contribution >= 4 is 17.7 Å². The number of hydrogen-bond acceptors (Lipinski definition) is 3. The fourth-order valence-corrected chi connectivity index (χ4v) is 4.30. The summed E-state index contributed by atoms with van der Waals surface area (Å²) in [7, 11) is 0. The number of benzene rings is 2. The number of para-hydroxylation sites is 1. The summed E-state index contributed by atoms with van der Waals surface area (Å²) in [5.74, 6) is 2.46. The smallest absolute Gasteiger partial charge is 0.224 e. The van der Waals surface area contributed by atoms with Gasteiger partial charge in [0, 0.05) is 24.3 Å². The van der Waals surface area contributed by atoms with Crippen molar-refractivity contribution in [2.24, 2.45) is 5.92 Å². The van der Waals surface area contributed by atoms with Crippen LogP contribution in [0.15, 0.2) is 54.6 Å². The molecule has 1 fully saturated rings. The van der Waals surface area contributed by atoms with E-state index in [1.54, 1.807) is 0 Å². The molecule has 25 heavy (non-hydrogen) atoms. The molecular weight excluding hydrogens is 330 g/mol. The molecule has 0 saturated carbocycles. The van der Waals surface area contributed by atoms with E-state index in [1.807, 2.05) is 53.1 Å². The second kappa shape index (κ2) is 8.43. The van der Waals surface area contributed by atoms with Crippen LogP contribution in [-0.2, 0) is 11.4 Å². The maximum Gasteiger partial charge on any atom is 0.224 e. The fourth-order valence-electron chi connectivity index (χ4n) is 3.00. The van der Waals surface area contributed by atoms with Gasteiger partial charge in [0.05, 0.1) is 0 Å². The van der Waals surface area contributed by atoms with E-state index >= 15 is 0 Å². The third kappa shape index (κ3) is 4.57. The van der Waals surface area contributed by atoms with E-state index in [2.05, 4.69) is 32.0 Å². The Kier molecular flexibility index (Phi) is 6.03. The zero-order valence-corrected chi connectivity index (χ0v) is 15.7. The summed E-state index contributed by atoms with van der Waals surface area (Å²) >= 11 is 1.82. The molecule has 1 aliphatic heterocycles. The van der Waals surface area contributed by atoms with Gasteiger partial charge >= 0.3 is 0 Å². The monoisotopic (exact) mass is 355 g/mol. The Morgan fingerprint density at radius 1 is 1.16 bits per heavy atom. The molecule has 3 nitrogen and oxygen atoms in total. The highest BCUT2D eigenvalue weighted by molar-refractivity contribution is 7.99. The molecule has 4 heteroatoms. The highest BCUT2D eigenvalue weighted by Gasteiger charge is 2.32. The van der Waals surface area contributed by atoms with Gasteiger partial charge < -0.3 is 9.64 Å². The maximum atomic E-state index is 12.6. The van der Waals surface area contributed by atoms with Gasteiger partial charge in [-0.05, 0) is 17.5 Å². The molecule has 1 aliphatic rings. The maximum absolute atomic E-state index is 12.6. The van der Waals surface area contributed by atoms with Gasteiger partial charge in [-0.25, -0.2) is 0 Å². The summed E-state index contributed by atoms with van der Waals surface area (Å²) in [6, 6.07) is 18.3. The number of carbonyl (C=O) groups excluding carboxylic acids is 1. The van der Waals surface area contributed by atoms with Crippen LogP contribution in [0.1, 0.15) is 36.8 Å². The van der Waals surface area contributed by atoms with E-state index in [4.69, 9.17) is 4.74 Å². The van der Waals surface area contributed by atoms with E-state index in [9.17, 15) is 4.79 Å². The van der Waals surface area contributed by atoms with Crippen LogP contribution in [0.25, 0.3) is 0 Å². The third-order valence-electron chi connectivity index (χ3n) is 4.22. The first-order valence-corrected chi connectivity index (χ1v) is 9.86. The molecule has 132 valence electrons. The summed E-state index contributed by atoms with van der Waals surface area (Å²) in [5, 5.41) is 0.0539. The minimum Gasteiger partial charge on any atom is -0.489 e. The SMILES string of the molecule is CC(C)CC(=O)N1CCS[C@@H]1c1ccccc1OCc1ccccc1. The molecule has 1 saturated heterocycles. The highest BCUT2D eigenvalue weighted by atomic mass is 32.2. The number of nitrogens with zero attached hydrogens (tertiary/aromatic N) is 1. The molecule has 0 N–H and O–H groups in total. The lowest BCUT2D eigenvalue weighted by Gasteiger charge is -2.26. The lowest BCUT2D eigenvalue weighted by Crippen LogP contribution is -2.31. The van der Waals surface area contributed by atoms with Gasteiger partial charge in [0.25, 0.3) is 0 Å². The van der Waals surface area contributed by atoms with Gasteiger partial charge in [-0.1, -0.05) is 62.4 Å². The second-order valence-electron chi connectivity index (χ2n) is 6.72. The van der Waals surface area contributed by atoms with Gasteiger partial charge in [0.1, 0.15) is 17.7 Å². The van der Waals surface area contributed by atoms with Crippen LogP contribution in [0.5, 0.6) is 5.75 Å². The van der Waals surface area contributed by atoms with Crippen LogP contribution in [0.3, 0.4) is 0 Å². The largest absolute Gasteiger partial charge is 0.489 e. The van der Waals surface area contributed by atoms with E-state index in [0.29, 0.717) is 18.9 Å². The van der Waals surface area contributed by atoms with Gasteiger partial charge in [-0.3, -0.25) is 4.79 Å². The second-order valence-corrected chi connectivity index (χ2v) is 7.91. The first kappa shape index (κ1) is 17.9. The number of carbonyl (C=O) groups is 1. The Morgan fingerprint density at radius 2 is 1.88 bits per heavy atom. The van der Waals surface area contributed by atoms with Gasteiger partial charge in [-0.15, -0.1) is 11.8 Å². The zero-order chi connectivity index (χ0) is 17.6. The van der Waals surface area contributed by atoms with E-state index < -0.39 is 0 Å². The van der Waals surface area contributed by atoms with Crippen molar-refractivity contribution in [2.75, 3.05) is 12.3 Å². The number of rotatable bonds is 6. The number of ether oxygens (including phenoxy) is 1. The molecule has 0 spiro atoms. The average molecular weight is 356 g/mol. The minimum absolute atomic E-state index is 0.0539. The van der Waals surface area contributed by atoms with Crippen molar-refractivity contribution in [3.05, 3.63) is 65.7 Å². The number of thioether (sulfide) groups is 1. The topological polar surface area (TPSA) is 29.5 Å². The van der Waals surface area contributed by atoms with Crippen LogP contribution in [0.2, 0.25) is 0 Å². The predicted octanol–water partition coefficient (Wildman–Crippen LogP) is 4.89. The molecule has 3 rings (SSSR count). The minimum atomic E-state index is 0.0539. The fraction of sp³-hybridized carbons (Fsp3) is 0.381. The normalized spacial score (nSPS) is 17.1. The highest BCUT2D eigenvalue weighted by Crippen LogP contribution is 2.42. The van der Waals surface area contributed by atoms with Crippen molar-refractivity contribution < 1.29 is 9.53 Å². The van der Waals surface area contributed by atoms with E-state index in [-0.39, 0.29) is 11.3 Å². The van der Waals surface area contributed by atoms with Gasteiger partial charge in [0.2, 0.25) is 5.91 Å². The Bertz CT molecular complexity index is 702. The molecule has 0 unspecified atom stereocenters. The molecule has 0 aromatic heterocycles. The lowest BCUT2D eigenvalue weighted by atomic mass is 10.1. The summed E-state index contributed by atoms with van der Waals surface area (Å²) in [6.07, 6.45) is 0.601. The lowest BCUT2D eigenvalue weighted by molar-refractivity contribution is -0.132. The summed E-state index contributed by atoms with van der Waals surface area (Å²) in [6.45, 7) is 5.53. The van der Waals surface area contributed by atoms with Crippen molar-refractivity contribution in [1.82, 2.24) is 4.90 Å². The standard InChI is InChI=1S/C21H25NO2S/c1-16(2)14-20(23)22-12-13-25-21(22)18-10-6-7-11-19(18)24-15-17-8-4-3-5-9-17/h3-11,16,21H,12-15H2,1-2H3/t21-/m1/s1. The Labute approximate surface area is 154 Å². The molecule has 0 aliphatic carbocycles. The summed E-state index contributed by atoms with van der Waals surface area (Å²) in [4.78, 5) is 14.6. The molecule has 0 bridgehead atoms. The van der Waals surface area contributed by atoms with Crippen molar-refractivity contribution in [3.63, 3.8) is 0 Å². The Hall–Kier alpha value is -1.94. The third-order valence-corrected chi connectivity index (χ3v) is 5.46. The molecule has 1 amide bonds. The van der Waals surface area contributed by atoms with Crippen LogP contribution < -0.4 is 4.74 Å². The van der Waals surface area contributed by atoms with E-state index in [0.717, 1.165) is 29.2 Å². The molecule has 2 aromatic carbocycles. The first-order chi connectivity index (χ1) is 12.1. The quantitative estimate of drug-likeness (QED) is 0.739. The first-order valence-electron chi connectivity index (χ1n) is 8.82.